The maximum Gasteiger partial charge on any atom is 0.416 e. The topological polar surface area (TPSA) is 179 Å². The first kappa shape index (κ1) is 41.7. The predicted molar refractivity (Wildman–Crippen MR) is 174 cm³/mol. The van der Waals surface area contributed by atoms with Gasteiger partial charge in [-0.15, -0.1) is 0 Å². The van der Waals surface area contributed by atoms with Gasteiger partial charge in [0.25, 0.3) is 0 Å². The summed E-state index contributed by atoms with van der Waals surface area (Å²) in [7, 11) is -8.68. The van der Waals surface area contributed by atoms with E-state index >= 15 is 0 Å². The SMILES string of the molecule is CC(C)(C)c1cc(NC(=O)C2(S(=O)(=O)c3ccc(C(F)(F)F)cc3)CCOCC2)no1.O=C(O)C1(S(=O)(=O)c2ccc(C(F)(F)F)cc2)CCOCC1. The number of anilines is 1. The summed E-state index contributed by atoms with van der Waals surface area (Å²) in [6.07, 6.45) is -9.98. The van der Waals surface area contributed by atoms with Crippen molar-refractivity contribution < 1.29 is 71.9 Å². The number of hydrogen-bond donors (Lipinski definition) is 2. The minimum atomic E-state index is -4.60. The van der Waals surface area contributed by atoms with Gasteiger partial charge in [0.1, 0.15) is 5.76 Å². The Balaban J connectivity index is 0.000000251. The number of sulfone groups is 2. The van der Waals surface area contributed by atoms with Crippen molar-refractivity contribution in [2.45, 2.75) is 83.5 Å². The molecular formula is C33H36F6N2O10S2. The first-order valence-corrected chi connectivity index (χ1v) is 18.9. The van der Waals surface area contributed by atoms with Crippen LogP contribution in [0.3, 0.4) is 0 Å². The van der Waals surface area contributed by atoms with Gasteiger partial charge >= 0.3 is 18.3 Å². The van der Waals surface area contributed by atoms with Crippen LogP contribution >= 0.6 is 0 Å². The fourth-order valence-corrected chi connectivity index (χ4v) is 9.46. The molecule has 0 bridgehead atoms. The number of aliphatic carboxylic acids is 1. The summed E-state index contributed by atoms with van der Waals surface area (Å²) in [4.78, 5) is 23.9. The van der Waals surface area contributed by atoms with E-state index in [1.54, 1.807) is 0 Å². The summed E-state index contributed by atoms with van der Waals surface area (Å²) in [6, 6.07) is 7.46. The van der Waals surface area contributed by atoms with Crippen molar-refractivity contribution in [3.8, 4) is 0 Å². The van der Waals surface area contributed by atoms with Crippen LogP contribution in [-0.2, 0) is 56.5 Å². The number of carbonyl (C=O) groups is 2. The zero-order chi connectivity index (χ0) is 39.7. The molecule has 2 aliphatic heterocycles. The standard InChI is InChI=1S/C20H23F3N2O5S.C13H13F3O5S/c1-18(2,3)15-12-16(25-30-15)24-17(26)19(8-10-29-11-9-19)31(27,28)14-6-4-13(5-7-14)20(21,22)23;14-13(15,16)9-1-3-10(4-2-9)22(19,20)12(11(17)18)5-7-21-8-6-12/h4-7,12H,8-11H2,1-3H3,(H,24,25,26);1-4H,5-8H2,(H,17,18). The van der Waals surface area contributed by atoms with Crippen LogP contribution < -0.4 is 5.32 Å². The van der Waals surface area contributed by atoms with Crippen LogP contribution in [0.5, 0.6) is 0 Å². The first-order valence-electron chi connectivity index (χ1n) is 15.9. The second-order valence-corrected chi connectivity index (χ2v) is 17.9. The van der Waals surface area contributed by atoms with E-state index < -0.39 is 69.4 Å². The van der Waals surface area contributed by atoms with Crippen molar-refractivity contribution >= 4 is 37.4 Å². The van der Waals surface area contributed by atoms with Crippen LogP contribution in [0.1, 0.15) is 63.3 Å². The second kappa shape index (κ2) is 15.0. The van der Waals surface area contributed by atoms with Gasteiger partial charge in [0.15, 0.2) is 35.0 Å². The molecule has 2 fully saturated rings. The fraction of sp³-hybridized carbons (Fsp3) is 0.485. The van der Waals surface area contributed by atoms with Crippen molar-refractivity contribution in [1.29, 1.82) is 0 Å². The molecule has 5 rings (SSSR count). The molecule has 53 heavy (non-hydrogen) atoms. The number of amides is 1. The van der Waals surface area contributed by atoms with Gasteiger partial charge in [-0.3, -0.25) is 9.59 Å². The lowest BCUT2D eigenvalue weighted by molar-refractivity contribution is -0.143. The van der Waals surface area contributed by atoms with Crippen LogP contribution in [0.2, 0.25) is 0 Å². The van der Waals surface area contributed by atoms with E-state index in [2.05, 4.69) is 10.5 Å². The molecule has 1 amide bonds. The Morgan fingerprint density at radius 3 is 1.42 bits per heavy atom. The van der Waals surface area contributed by atoms with Crippen LogP contribution in [0.15, 0.2) is 68.9 Å². The third-order valence-corrected chi connectivity index (χ3v) is 13.9. The molecule has 2 N–H and O–H groups in total. The van der Waals surface area contributed by atoms with E-state index in [0.717, 1.165) is 24.3 Å². The lowest BCUT2D eigenvalue weighted by Crippen LogP contribution is -2.53. The number of carbonyl (C=O) groups excluding carboxylic acids is 1. The quantitative estimate of drug-likeness (QED) is 0.265. The molecule has 3 heterocycles. The maximum atomic E-state index is 13.4. The minimum absolute atomic E-state index is 0.0132. The lowest BCUT2D eigenvalue weighted by Gasteiger charge is -2.34. The van der Waals surface area contributed by atoms with Gasteiger partial charge in [0.05, 0.1) is 20.9 Å². The zero-order valence-electron chi connectivity index (χ0n) is 28.5. The average Bonchev–Trinajstić information content (AvgIpc) is 3.58. The molecule has 3 aromatic rings. The normalized spacial score (nSPS) is 18.0. The number of hydrogen-bond acceptors (Lipinski definition) is 10. The van der Waals surface area contributed by atoms with Gasteiger partial charge in [-0.05, 0) is 61.4 Å². The molecule has 292 valence electrons. The first-order chi connectivity index (χ1) is 24.4. The highest BCUT2D eigenvalue weighted by atomic mass is 32.2. The van der Waals surface area contributed by atoms with Crippen molar-refractivity contribution in [3.63, 3.8) is 0 Å². The molecule has 0 atom stereocenters. The monoisotopic (exact) mass is 798 g/mol. The number of rotatable bonds is 7. The molecule has 0 saturated carbocycles. The summed E-state index contributed by atoms with van der Waals surface area (Å²) in [5.41, 5.74) is -2.35. The van der Waals surface area contributed by atoms with Gasteiger partial charge in [-0.2, -0.15) is 26.3 Å². The number of ether oxygens (including phenoxy) is 2. The largest absolute Gasteiger partial charge is 0.480 e. The van der Waals surface area contributed by atoms with Crippen molar-refractivity contribution in [2.75, 3.05) is 31.7 Å². The number of carboxylic acids is 1. The van der Waals surface area contributed by atoms with Gasteiger partial charge < -0.3 is 24.4 Å². The number of benzene rings is 2. The Bertz CT molecular complexity index is 1990. The number of carboxylic acid groups (broad SMARTS) is 1. The Morgan fingerprint density at radius 1 is 0.698 bits per heavy atom. The second-order valence-electron chi connectivity index (χ2n) is 13.4. The van der Waals surface area contributed by atoms with E-state index in [1.165, 1.54) is 6.07 Å². The van der Waals surface area contributed by atoms with Crippen molar-refractivity contribution in [2.24, 2.45) is 0 Å². The summed E-state index contributed by atoms with van der Waals surface area (Å²) >= 11 is 0. The van der Waals surface area contributed by atoms with Gasteiger partial charge in [-0.25, -0.2) is 16.8 Å². The highest BCUT2D eigenvalue weighted by molar-refractivity contribution is 7.94. The molecule has 0 radical (unpaired) electrons. The van der Waals surface area contributed by atoms with Crippen LogP contribution in [0.25, 0.3) is 0 Å². The van der Waals surface area contributed by atoms with Gasteiger partial charge in [0.2, 0.25) is 5.91 Å². The summed E-state index contributed by atoms with van der Waals surface area (Å²) < 4.78 is 140. The highest BCUT2D eigenvalue weighted by Gasteiger charge is 2.54. The van der Waals surface area contributed by atoms with E-state index in [-0.39, 0.29) is 68.2 Å². The van der Waals surface area contributed by atoms with E-state index in [9.17, 15) is 57.9 Å². The fourth-order valence-electron chi connectivity index (χ4n) is 5.63. The minimum Gasteiger partial charge on any atom is -0.480 e. The van der Waals surface area contributed by atoms with Crippen molar-refractivity contribution in [3.05, 3.63) is 71.5 Å². The predicted octanol–water partition coefficient (Wildman–Crippen LogP) is 6.07. The van der Waals surface area contributed by atoms with E-state index in [0.29, 0.717) is 30.0 Å². The Labute approximate surface area is 300 Å². The average molecular weight is 799 g/mol. The third kappa shape index (κ3) is 8.54. The van der Waals surface area contributed by atoms with E-state index in [1.807, 2.05) is 20.8 Å². The number of halogens is 6. The molecule has 0 spiro atoms. The third-order valence-electron chi connectivity index (χ3n) is 8.91. The molecule has 2 aliphatic rings. The number of alkyl halides is 6. The molecular weight excluding hydrogens is 762 g/mol. The molecule has 1 aromatic heterocycles. The Hall–Kier alpha value is -4.01. The maximum absolute atomic E-state index is 13.4. The lowest BCUT2D eigenvalue weighted by atomic mass is 9.93. The molecule has 12 nitrogen and oxygen atoms in total. The Kier molecular flexibility index (Phi) is 11.8. The molecule has 2 saturated heterocycles. The number of nitrogens with one attached hydrogen (secondary N) is 1. The van der Waals surface area contributed by atoms with Crippen molar-refractivity contribution in [1.82, 2.24) is 5.16 Å². The van der Waals surface area contributed by atoms with Crippen LogP contribution in [0.4, 0.5) is 32.2 Å². The van der Waals surface area contributed by atoms with Crippen LogP contribution in [-0.4, -0.2) is 74.9 Å². The summed E-state index contributed by atoms with van der Waals surface area (Å²) in [5.74, 6) is -1.79. The molecule has 20 heteroatoms. The molecule has 0 unspecified atom stereocenters. The highest BCUT2D eigenvalue weighted by Crippen LogP contribution is 2.39. The summed E-state index contributed by atoms with van der Waals surface area (Å²) in [6.45, 7) is 5.60. The van der Waals surface area contributed by atoms with Gasteiger partial charge in [-0.1, -0.05) is 25.9 Å². The van der Waals surface area contributed by atoms with Gasteiger partial charge in [0, 0.05) is 50.8 Å². The number of aromatic nitrogens is 1. The summed E-state index contributed by atoms with van der Waals surface area (Å²) in [5, 5.41) is 15.6. The van der Waals surface area contributed by atoms with Crippen LogP contribution in [0, 0.1) is 0 Å². The Morgan fingerprint density at radius 2 is 1.08 bits per heavy atom. The molecule has 0 aliphatic carbocycles. The smallest absolute Gasteiger partial charge is 0.416 e. The zero-order valence-corrected chi connectivity index (χ0v) is 30.1. The molecule has 2 aromatic carbocycles. The number of nitrogens with zero attached hydrogens (tertiary/aromatic N) is 1. The van der Waals surface area contributed by atoms with E-state index in [4.69, 9.17) is 14.0 Å².